The summed E-state index contributed by atoms with van der Waals surface area (Å²) in [6.45, 7) is 0.349. The highest BCUT2D eigenvalue weighted by Crippen LogP contribution is 2.32. The summed E-state index contributed by atoms with van der Waals surface area (Å²) in [7, 11) is 0. The summed E-state index contributed by atoms with van der Waals surface area (Å²) in [5, 5.41) is 4.17. The number of halogens is 5. The highest BCUT2D eigenvalue weighted by molar-refractivity contribution is 6.55. The number of benzene rings is 2. The van der Waals surface area contributed by atoms with Crippen LogP contribution in [0.25, 0.3) is 0 Å². The zero-order valence-corrected chi connectivity index (χ0v) is 16.1. The Balaban J connectivity index is 1.64. The molecule has 0 amide bonds. The van der Waals surface area contributed by atoms with Crippen molar-refractivity contribution in [3.8, 4) is 5.75 Å². The fraction of sp³-hybridized carbons (Fsp3) is 0.250. The molecule has 0 heterocycles. The van der Waals surface area contributed by atoms with Gasteiger partial charge in [0.05, 0.1) is 11.3 Å². The first-order chi connectivity index (χ1) is 13.3. The summed E-state index contributed by atoms with van der Waals surface area (Å²) < 4.78 is 43.6. The van der Waals surface area contributed by atoms with Gasteiger partial charge in [-0.25, -0.2) is 0 Å². The third kappa shape index (κ3) is 5.20. The van der Waals surface area contributed by atoms with Gasteiger partial charge in [-0.05, 0) is 42.7 Å². The van der Waals surface area contributed by atoms with Crippen LogP contribution in [-0.2, 0) is 24.0 Å². The molecule has 0 aliphatic heterocycles. The van der Waals surface area contributed by atoms with Crippen LogP contribution < -0.4 is 4.74 Å². The van der Waals surface area contributed by atoms with Gasteiger partial charge in [0.25, 0.3) is 0 Å². The third-order valence-electron chi connectivity index (χ3n) is 4.22. The van der Waals surface area contributed by atoms with Gasteiger partial charge in [0.1, 0.15) is 23.5 Å². The minimum Gasteiger partial charge on any atom is -0.489 e. The van der Waals surface area contributed by atoms with E-state index in [9.17, 15) is 13.2 Å². The van der Waals surface area contributed by atoms with Crippen LogP contribution in [0.4, 0.5) is 13.2 Å². The van der Waals surface area contributed by atoms with Gasteiger partial charge < -0.3 is 9.57 Å². The van der Waals surface area contributed by atoms with Crippen molar-refractivity contribution in [2.45, 2.75) is 25.6 Å². The minimum atomic E-state index is -4.35. The van der Waals surface area contributed by atoms with Crippen LogP contribution >= 0.6 is 23.2 Å². The third-order valence-corrected chi connectivity index (χ3v) is 4.53. The monoisotopic (exact) mass is 429 g/mol. The quantitative estimate of drug-likeness (QED) is 0.506. The second-order valence-electron chi connectivity index (χ2n) is 6.09. The average molecular weight is 430 g/mol. The average Bonchev–Trinajstić information content (AvgIpc) is 3.05. The Labute approximate surface area is 170 Å². The first-order valence-electron chi connectivity index (χ1n) is 8.46. The Morgan fingerprint density at radius 2 is 1.82 bits per heavy atom. The van der Waals surface area contributed by atoms with Crippen LogP contribution in [0.15, 0.2) is 58.2 Å². The van der Waals surface area contributed by atoms with Gasteiger partial charge in [-0.1, -0.05) is 52.6 Å². The summed E-state index contributed by atoms with van der Waals surface area (Å²) in [6, 6.07) is 10.5. The van der Waals surface area contributed by atoms with E-state index >= 15 is 0 Å². The van der Waals surface area contributed by atoms with Gasteiger partial charge in [0, 0.05) is 11.1 Å². The molecule has 0 aromatic heterocycles. The van der Waals surface area contributed by atoms with Gasteiger partial charge in [-0.3, -0.25) is 0 Å². The molecule has 0 spiro atoms. The van der Waals surface area contributed by atoms with Crippen LogP contribution in [-0.4, -0.2) is 12.3 Å². The predicted molar refractivity (Wildman–Crippen MR) is 103 cm³/mol. The van der Waals surface area contributed by atoms with Crippen molar-refractivity contribution in [3.63, 3.8) is 0 Å². The molecule has 0 saturated heterocycles. The first-order valence-corrected chi connectivity index (χ1v) is 9.21. The molecule has 0 fully saturated rings. The summed E-state index contributed by atoms with van der Waals surface area (Å²) in [5.41, 5.74) is 2.66. The number of oxime groups is 1. The molecule has 3 rings (SSSR count). The van der Waals surface area contributed by atoms with E-state index in [0.717, 1.165) is 41.1 Å². The molecule has 3 nitrogen and oxygen atoms in total. The van der Waals surface area contributed by atoms with Crippen LogP contribution in [0, 0.1) is 0 Å². The lowest BCUT2D eigenvalue weighted by atomic mass is 10.1. The van der Waals surface area contributed by atoms with E-state index in [4.69, 9.17) is 32.8 Å². The zero-order valence-electron chi connectivity index (χ0n) is 14.6. The standard InChI is InChI=1S/C20H16Cl2F3NO2/c21-19(22)10-11-27-18-3-1-2-15-16(18)8-9-17(15)26-28-12-13-4-6-14(7-5-13)20(23,24)25/h1-7,10H,8-9,11-12H2/b26-17+. The molecular weight excluding hydrogens is 414 g/mol. The largest absolute Gasteiger partial charge is 0.489 e. The molecule has 2 aromatic rings. The highest BCUT2D eigenvalue weighted by Gasteiger charge is 2.30. The van der Waals surface area contributed by atoms with E-state index in [0.29, 0.717) is 12.0 Å². The van der Waals surface area contributed by atoms with Crippen LogP contribution in [0.2, 0.25) is 0 Å². The fourth-order valence-electron chi connectivity index (χ4n) is 2.87. The Bertz CT molecular complexity index is 889. The predicted octanol–water partition coefficient (Wildman–Crippen LogP) is 6.27. The van der Waals surface area contributed by atoms with Crippen molar-refractivity contribution in [2.24, 2.45) is 5.16 Å². The molecule has 0 saturated carbocycles. The lowest BCUT2D eigenvalue weighted by Gasteiger charge is -2.09. The topological polar surface area (TPSA) is 30.8 Å². The van der Waals surface area contributed by atoms with Crippen molar-refractivity contribution in [1.82, 2.24) is 0 Å². The van der Waals surface area contributed by atoms with Crippen LogP contribution in [0.5, 0.6) is 5.75 Å². The molecule has 2 aromatic carbocycles. The maximum absolute atomic E-state index is 12.6. The van der Waals surface area contributed by atoms with E-state index in [-0.39, 0.29) is 17.7 Å². The first kappa shape index (κ1) is 20.6. The number of rotatable bonds is 6. The molecule has 148 valence electrons. The maximum Gasteiger partial charge on any atom is 0.416 e. The summed E-state index contributed by atoms with van der Waals surface area (Å²) >= 11 is 11.2. The molecular formula is C20H16Cl2F3NO2. The number of hydrogen-bond acceptors (Lipinski definition) is 3. The van der Waals surface area contributed by atoms with E-state index in [1.54, 1.807) is 6.08 Å². The number of nitrogens with zero attached hydrogens (tertiary/aromatic N) is 1. The molecule has 0 radical (unpaired) electrons. The summed E-state index contributed by atoms with van der Waals surface area (Å²) in [5.74, 6) is 0.733. The molecule has 28 heavy (non-hydrogen) atoms. The molecule has 1 aliphatic rings. The molecule has 0 bridgehead atoms. The summed E-state index contributed by atoms with van der Waals surface area (Å²) in [6.07, 6.45) is -1.35. The van der Waals surface area contributed by atoms with Gasteiger partial charge in [-0.15, -0.1) is 0 Å². The van der Waals surface area contributed by atoms with Crippen molar-refractivity contribution >= 4 is 28.9 Å². The summed E-state index contributed by atoms with van der Waals surface area (Å²) in [4.78, 5) is 5.36. The van der Waals surface area contributed by atoms with Crippen molar-refractivity contribution in [3.05, 3.63) is 75.3 Å². The van der Waals surface area contributed by atoms with E-state index in [1.807, 2.05) is 18.2 Å². The normalized spacial score (nSPS) is 14.7. The zero-order chi connectivity index (χ0) is 20.1. The lowest BCUT2D eigenvalue weighted by molar-refractivity contribution is -0.137. The highest BCUT2D eigenvalue weighted by atomic mass is 35.5. The van der Waals surface area contributed by atoms with E-state index in [2.05, 4.69) is 5.16 Å². The van der Waals surface area contributed by atoms with Gasteiger partial charge in [0.15, 0.2) is 0 Å². The molecule has 8 heteroatoms. The van der Waals surface area contributed by atoms with Gasteiger partial charge >= 0.3 is 6.18 Å². The fourth-order valence-corrected chi connectivity index (χ4v) is 3.00. The van der Waals surface area contributed by atoms with Gasteiger partial charge in [0.2, 0.25) is 0 Å². The number of alkyl halides is 3. The SMILES string of the molecule is FC(F)(F)c1ccc(CO/N=C2\CCc3c(OCC=C(Cl)Cl)cccc32)cc1. The number of ether oxygens (including phenoxy) is 1. The Kier molecular flexibility index (Phi) is 6.52. The van der Waals surface area contributed by atoms with Crippen molar-refractivity contribution in [2.75, 3.05) is 6.61 Å². The van der Waals surface area contributed by atoms with Crippen LogP contribution in [0.3, 0.4) is 0 Å². The smallest absolute Gasteiger partial charge is 0.416 e. The Hall–Kier alpha value is -2.18. The molecule has 1 aliphatic carbocycles. The Morgan fingerprint density at radius 1 is 1.07 bits per heavy atom. The second kappa shape index (κ2) is 8.88. The number of fused-ring (bicyclic) bond motifs is 1. The van der Waals surface area contributed by atoms with E-state index in [1.165, 1.54) is 12.1 Å². The van der Waals surface area contributed by atoms with Crippen molar-refractivity contribution < 1.29 is 22.7 Å². The molecule has 0 unspecified atom stereocenters. The minimum absolute atomic E-state index is 0.0895. The van der Waals surface area contributed by atoms with Crippen LogP contribution in [0.1, 0.15) is 28.7 Å². The number of hydrogen-bond donors (Lipinski definition) is 0. The maximum atomic E-state index is 12.6. The molecule has 0 atom stereocenters. The molecule has 0 N–H and O–H groups in total. The van der Waals surface area contributed by atoms with E-state index < -0.39 is 11.7 Å². The van der Waals surface area contributed by atoms with Crippen molar-refractivity contribution in [1.29, 1.82) is 0 Å². The van der Waals surface area contributed by atoms with Gasteiger partial charge in [-0.2, -0.15) is 13.2 Å². The Morgan fingerprint density at radius 3 is 2.50 bits per heavy atom. The second-order valence-corrected chi connectivity index (χ2v) is 7.10. The lowest BCUT2D eigenvalue weighted by Crippen LogP contribution is -2.04.